The van der Waals surface area contributed by atoms with Gasteiger partial charge in [-0.1, -0.05) is 206 Å². The number of nitrogens with zero attached hydrogens (tertiary/aromatic N) is 11. The molecule has 76 heavy (non-hydrogen) atoms. The zero-order chi connectivity index (χ0) is 50.6. The SMILES string of the molecule is c1ccc(-c2nc(CCc3cc(-c4nc(-c5ccccc5)nc(-c5ccccc5)n4)ccc3N3c4ccccc4N(c4nc(-c5ccccc5)nc(-c5ccccc5)n4)c4ccccc43)nc(-c3ccccc3)n2)cc1. The molecule has 4 heterocycles. The Kier molecular flexibility index (Phi) is 12.1. The van der Waals surface area contributed by atoms with Crippen LogP contribution in [0.3, 0.4) is 0 Å². The molecule has 9 aromatic carbocycles. The zero-order valence-corrected chi connectivity index (χ0v) is 41.0. The molecule has 0 atom stereocenters. The lowest BCUT2D eigenvalue weighted by atomic mass is 9.99. The predicted molar refractivity (Wildman–Crippen MR) is 301 cm³/mol. The third-order valence-electron chi connectivity index (χ3n) is 13.3. The minimum absolute atomic E-state index is 0.499. The summed E-state index contributed by atoms with van der Waals surface area (Å²) in [5.41, 5.74) is 11.9. The van der Waals surface area contributed by atoms with E-state index in [0.717, 1.165) is 72.9 Å². The number of anilines is 6. The fraction of sp³-hybridized carbons (Fsp3) is 0.0308. The van der Waals surface area contributed by atoms with Gasteiger partial charge in [-0.2, -0.15) is 9.97 Å². The van der Waals surface area contributed by atoms with E-state index in [9.17, 15) is 0 Å². The van der Waals surface area contributed by atoms with Gasteiger partial charge in [0.15, 0.2) is 40.8 Å². The van der Waals surface area contributed by atoms with Crippen LogP contribution in [0.25, 0.3) is 79.7 Å². The molecule has 13 rings (SSSR count). The molecule has 0 spiro atoms. The fourth-order valence-corrected chi connectivity index (χ4v) is 9.61. The van der Waals surface area contributed by atoms with E-state index in [1.807, 2.05) is 182 Å². The van der Waals surface area contributed by atoms with Crippen LogP contribution in [-0.2, 0) is 12.8 Å². The van der Waals surface area contributed by atoms with E-state index in [1.165, 1.54) is 0 Å². The third kappa shape index (κ3) is 9.09. The van der Waals surface area contributed by atoms with Crippen molar-refractivity contribution in [2.45, 2.75) is 12.8 Å². The average molecular weight is 980 g/mol. The van der Waals surface area contributed by atoms with Crippen LogP contribution >= 0.6 is 0 Å². The summed E-state index contributed by atoms with van der Waals surface area (Å²) in [5.74, 6) is 5.30. The molecule has 3 aromatic heterocycles. The molecule has 1 aliphatic heterocycles. The summed E-state index contributed by atoms with van der Waals surface area (Å²) in [6, 6.07) is 83.8. The van der Waals surface area contributed by atoms with Crippen LogP contribution in [-0.4, -0.2) is 44.9 Å². The molecule has 0 saturated carbocycles. The van der Waals surface area contributed by atoms with Gasteiger partial charge in [0, 0.05) is 51.1 Å². The van der Waals surface area contributed by atoms with Crippen molar-refractivity contribution in [2.24, 2.45) is 0 Å². The second-order valence-corrected chi connectivity index (χ2v) is 18.2. The van der Waals surface area contributed by atoms with Crippen molar-refractivity contribution < 1.29 is 0 Å². The van der Waals surface area contributed by atoms with Gasteiger partial charge in [0.25, 0.3) is 0 Å². The summed E-state index contributed by atoms with van der Waals surface area (Å²) in [6.45, 7) is 0. The van der Waals surface area contributed by atoms with E-state index in [4.69, 9.17) is 44.9 Å². The quantitative estimate of drug-likeness (QED) is 0.116. The Hall–Kier alpha value is -10.4. The largest absolute Gasteiger partial charge is 0.306 e. The molecule has 0 fully saturated rings. The van der Waals surface area contributed by atoms with E-state index in [0.29, 0.717) is 65.4 Å². The minimum Gasteiger partial charge on any atom is -0.306 e. The highest BCUT2D eigenvalue weighted by molar-refractivity contribution is 6.01. The van der Waals surface area contributed by atoms with Crippen LogP contribution in [0.2, 0.25) is 0 Å². The van der Waals surface area contributed by atoms with E-state index in [1.54, 1.807) is 0 Å². The molecule has 0 radical (unpaired) electrons. The second-order valence-electron chi connectivity index (χ2n) is 18.2. The average Bonchev–Trinajstić information content (AvgIpc) is 3.51. The number of aryl methyl sites for hydroxylation is 2. The fourth-order valence-electron chi connectivity index (χ4n) is 9.61. The molecule has 0 bridgehead atoms. The molecular weight excluding hydrogens is 935 g/mol. The van der Waals surface area contributed by atoms with Gasteiger partial charge < -0.3 is 4.90 Å². The van der Waals surface area contributed by atoms with Gasteiger partial charge in [0.1, 0.15) is 5.82 Å². The Morgan fingerprint density at radius 1 is 0.224 bits per heavy atom. The van der Waals surface area contributed by atoms with E-state index < -0.39 is 0 Å². The van der Waals surface area contributed by atoms with E-state index in [2.05, 4.69) is 76.5 Å². The zero-order valence-electron chi connectivity index (χ0n) is 41.0. The standard InChI is InChI=1S/C65H45N11/c1-7-23-44(24-8-1)58-66-57(67-59(68-58)45-25-9-2-10-26-45)42-40-50-43-51(64-70-60(46-27-11-3-12-28-46)69-61(71-64)47-29-13-4-14-30-47)39-41-52(50)75-53-35-19-21-37-55(53)76(56-38-22-20-36-54(56)75)65-73-62(48-31-15-5-16-32-48)72-63(74-65)49-33-17-6-18-34-49/h1-39,41,43H,40,42H2. The molecule has 11 heteroatoms. The Labute approximate surface area is 439 Å². The highest BCUT2D eigenvalue weighted by Gasteiger charge is 2.33. The highest BCUT2D eigenvalue weighted by atomic mass is 15.3. The first kappa shape index (κ1) is 45.5. The summed E-state index contributed by atoms with van der Waals surface area (Å²) >= 11 is 0. The van der Waals surface area contributed by atoms with Crippen molar-refractivity contribution in [3.8, 4) is 79.7 Å². The van der Waals surface area contributed by atoms with Crippen molar-refractivity contribution in [1.29, 1.82) is 0 Å². The number of hydrogen-bond donors (Lipinski definition) is 0. The molecule has 0 unspecified atom stereocenters. The molecule has 0 aliphatic carbocycles. The molecule has 360 valence electrons. The molecule has 12 aromatic rings. The van der Waals surface area contributed by atoms with Gasteiger partial charge in [-0.25, -0.2) is 34.9 Å². The summed E-state index contributed by atoms with van der Waals surface area (Å²) in [4.78, 5) is 50.6. The van der Waals surface area contributed by atoms with Crippen molar-refractivity contribution in [3.63, 3.8) is 0 Å². The second kappa shape index (κ2) is 20.3. The van der Waals surface area contributed by atoms with Crippen molar-refractivity contribution in [2.75, 3.05) is 9.80 Å². The Morgan fingerprint density at radius 2 is 0.513 bits per heavy atom. The molecule has 0 amide bonds. The monoisotopic (exact) mass is 979 g/mol. The first-order valence-corrected chi connectivity index (χ1v) is 25.2. The first-order chi connectivity index (χ1) is 37.7. The predicted octanol–water partition coefficient (Wildman–Crippen LogP) is 14.9. The Bertz CT molecular complexity index is 3780. The molecule has 11 nitrogen and oxygen atoms in total. The van der Waals surface area contributed by atoms with Crippen LogP contribution < -0.4 is 9.80 Å². The van der Waals surface area contributed by atoms with Crippen molar-refractivity contribution in [1.82, 2.24) is 44.9 Å². The van der Waals surface area contributed by atoms with E-state index >= 15 is 0 Å². The van der Waals surface area contributed by atoms with Gasteiger partial charge in [-0.3, -0.25) is 4.90 Å². The minimum atomic E-state index is 0.499. The molecule has 1 aliphatic rings. The van der Waals surface area contributed by atoms with Crippen LogP contribution in [0.1, 0.15) is 11.4 Å². The molecule has 0 saturated heterocycles. The lowest BCUT2D eigenvalue weighted by Crippen LogP contribution is -2.26. The number of fused-ring (bicyclic) bond motifs is 2. The smallest absolute Gasteiger partial charge is 0.238 e. The van der Waals surface area contributed by atoms with Gasteiger partial charge in [-0.05, 0) is 54.4 Å². The maximum Gasteiger partial charge on any atom is 0.238 e. The van der Waals surface area contributed by atoms with Crippen molar-refractivity contribution in [3.05, 3.63) is 260 Å². The molecule has 0 N–H and O–H groups in total. The lowest BCUT2D eigenvalue weighted by Gasteiger charge is -2.40. The summed E-state index contributed by atoms with van der Waals surface area (Å²) in [7, 11) is 0. The van der Waals surface area contributed by atoms with Crippen LogP contribution in [0.4, 0.5) is 34.4 Å². The number of hydrogen-bond acceptors (Lipinski definition) is 11. The summed E-state index contributed by atoms with van der Waals surface area (Å²) < 4.78 is 0. The van der Waals surface area contributed by atoms with Crippen LogP contribution in [0, 0.1) is 0 Å². The summed E-state index contributed by atoms with van der Waals surface area (Å²) in [6.07, 6.45) is 1.05. The number of para-hydroxylation sites is 4. The first-order valence-electron chi connectivity index (χ1n) is 25.2. The Morgan fingerprint density at radius 3 is 0.868 bits per heavy atom. The lowest BCUT2D eigenvalue weighted by molar-refractivity contribution is 0.843. The van der Waals surface area contributed by atoms with Crippen molar-refractivity contribution >= 4 is 34.4 Å². The Balaban J connectivity index is 0.983. The third-order valence-corrected chi connectivity index (χ3v) is 13.3. The number of benzene rings is 9. The maximum atomic E-state index is 5.24. The van der Waals surface area contributed by atoms with E-state index in [-0.39, 0.29) is 0 Å². The summed E-state index contributed by atoms with van der Waals surface area (Å²) in [5, 5.41) is 0. The number of aromatic nitrogens is 9. The molecular formula is C65H45N11. The normalized spacial score (nSPS) is 11.7. The van der Waals surface area contributed by atoms with Gasteiger partial charge in [0.05, 0.1) is 22.7 Å². The van der Waals surface area contributed by atoms with Gasteiger partial charge >= 0.3 is 0 Å². The highest BCUT2D eigenvalue weighted by Crippen LogP contribution is 2.54. The topological polar surface area (TPSA) is 122 Å². The van der Waals surface area contributed by atoms with Gasteiger partial charge in [0.2, 0.25) is 5.95 Å². The van der Waals surface area contributed by atoms with Crippen LogP contribution in [0.5, 0.6) is 0 Å². The van der Waals surface area contributed by atoms with Gasteiger partial charge in [-0.15, -0.1) is 0 Å². The maximum absolute atomic E-state index is 5.24. The number of rotatable bonds is 12. The van der Waals surface area contributed by atoms with Crippen LogP contribution in [0.15, 0.2) is 249 Å².